The summed E-state index contributed by atoms with van der Waals surface area (Å²) in [6.45, 7) is 1.54. The van der Waals surface area contributed by atoms with Crippen LogP contribution in [-0.2, 0) is 30.7 Å². The third kappa shape index (κ3) is 6.71. The first-order chi connectivity index (χ1) is 16.3. The minimum absolute atomic E-state index is 0.0142. The third-order valence-corrected chi connectivity index (χ3v) is 6.98. The lowest BCUT2D eigenvalue weighted by molar-refractivity contribution is -0.181. The number of ether oxygens (including phenoxy) is 4. The van der Waals surface area contributed by atoms with E-state index >= 15 is 0 Å². The van der Waals surface area contributed by atoms with E-state index in [0.717, 1.165) is 31.2 Å². The van der Waals surface area contributed by atoms with Crippen molar-refractivity contribution in [2.75, 3.05) is 37.1 Å². The van der Waals surface area contributed by atoms with Crippen molar-refractivity contribution in [3.05, 3.63) is 42.1 Å². The first-order valence-corrected chi connectivity index (χ1v) is 13.5. The van der Waals surface area contributed by atoms with Gasteiger partial charge in [-0.2, -0.15) is 0 Å². The third-order valence-electron chi connectivity index (χ3n) is 5.95. The lowest BCUT2D eigenvalue weighted by Gasteiger charge is -2.35. The molecule has 34 heavy (non-hydrogen) atoms. The van der Waals surface area contributed by atoms with Crippen LogP contribution in [0.2, 0.25) is 0 Å². The average Bonchev–Trinajstić information content (AvgIpc) is 3.43. The number of rotatable bonds is 9. The van der Waals surface area contributed by atoms with E-state index in [0.29, 0.717) is 25.3 Å². The molecule has 11 heteroatoms. The molecule has 0 atom stereocenters. The summed E-state index contributed by atoms with van der Waals surface area (Å²) in [5.41, 5.74) is 1.25. The number of carbonyl (C=O) groups excluding carboxylic acids is 1. The molecule has 2 heterocycles. The van der Waals surface area contributed by atoms with Gasteiger partial charge in [-0.15, -0.1) is 5.10 Å². The Balaban J connectivity index is 1.40. The Hall–Kier alpha value is -2.63. The summed E-state index contributed by atoms with van der Waals surface area (Å²) in [5, 5.41) is 7.26. The summed E-state index contributed by atoms with van der Waals surface area (Å²) in [5.74, 6) is -0.226. The van der Waals surface area contributed by atoms with Gasteiger partial charge in [-0.25, -0.2) is 13.2 Å². The van der Waals surface area contributed by atoms with Gasteiger partial charge in [-0.05, 0) is 24.8 Å². The van der Waals surface area contributed by atoms with Gasteiger partial charge < -0.3 is 18.9 Å². The number of aromatic nitrogens is 2. The van der Waals surface area contributed by atoms with Crippen LogP contribution in [0.25, 0.3) is 0 Å². The molecule has 2 fully saturated rings. The number of carbonyl (C=O) groups is 1. The molecule has 0 unspecified atom stereocenters. The zero-order valence-corrected chi connectivity index (χ0v) is 20.1. The summed E-state index contributed by atoms with van der Waals surface area (Å²) in [4.78, 5) is 12.4. The van der Waals surface area contributed by atoms with Crippen LogP contribution < -0.4 is 10.1 Å². The zero-order valence-electron chi connectivity index (χ0n) is 19.3. The molecule has 2 aliphatic rings. The molecule has 1 aromatic heterocycles. The molecular weight excluding hydrogens is 462 g/mol. The van der Waals surface area contributed by atoms with Gasteiger partial charge >= 0.3 is 6.09 Å². The SMILES string of the molecule is CS(=O)(=O)CCCOc1nn(C2CCC3(CC2)OCCO3)cc1NC(=O)OCc1ccccc1. The van der Waals surface area contributed by atoms with E-state index in [4.69, 9.17) is 18.9 Å². The van der Waals surface area contributed by atoms with Crippen LogP contribution in [0, 0.1) is 0 Å². The Bertz CT molecular complexity index is 1060. The predicted molar refractivity (Wildman–Crippen MR) is 124 cm³/mol. The van der Waals surface area contributed by atoms with Crippen molar-refractivity contribution in [3.8, 4) is 5.88 Å². The number of anilines is 1. The highest BCUT2D eigenvalue weighted by atomic mass is 32.2. The van der Waals surface area contributed by atoms with E-state index in [1.54, 1.807) is 10.9 Å². The highest BCUT2D eigenvalue weighted by molar-refractivity contribution is 7.90. The highest BCUT2D eigenvalue weighted by Gasteiger charge is 2.41. The van der Waals surface area contributed by atoms with Crippen molar-refractivity contribution in [1.82, 2.24) is 9.78 Å². The molecule has 4 rings (SSSR count). The average molecular weight is 494 g/mol. The van der Waals surface area contributed by atoms with Crippen LogP contribution in [0.5, 0.6) is 5.88 Å². The fourth-order valence-corrected chi connectivity index (χ4v) is 4.85. The van der Waals surface area contributed by atoms with Crippen LogP contribution in [0.3, 0.4) is 0 Å². The van der Waals surface area contributed by atoms with Crippen molar-refractivity contribution in [1.29, 1.82) is 0 Å². The number of sulfone groups is 1. The molecule has 10 nitrogen and oxygen atoms in total. The molecular formula is C23H31N3O7S. The smallest absolute Gasteiger partial charge is 0.412 e. The molecule has 1 amide bonds. The Labute approximate surface area is 199 Å². The van der Waals surface area contributed by atoms with Crippen LogP contribution >= 0.6 is 0 Å². The van der Waals surface area contributed by atoms with Gasteiger partial charge in [0.05, 0.1) is 37.8 Å². The van der Waals surface area contributed by atoms with E-state index in [-0.39, 0.29) is 30.9 Å². The Morgan fingerprint density at radius 3 is 2.59 bits per heavy atom. The molecule has 0 radical (unpaired) electrons. The second kappa shape index (κ2) is 10.7. The van der Waals surface area contributed by atoms with E-state index in [1.807, 2.05) is 30.3 Å². The summed E-state index contributed by atoms with van der Waals surface area (Å²) in [7, 11) is -3.08. The minimum Gasteiger partial charge on any atom is -0.475 e. The molecule has 186 valence electrons. The summed E-state index contributed by atoms with van der Waals surface area (Å²) in [6, 6.07) is 9.49. The normalized spacial score (nSPS) is 18.1. The van der Waals surface area contributed by atoms with Gasteiger partial charge in [-0.3, -0.25) is 10.00 Å². The van der Waals surface area contributed by atoms with Gasteiger partial charge in [0.1, 0.15) is 22.1 Å². The van der Waals surface area contributed by atoms with E-state index in [2.05, 4.69) is 10.4 Å². The number of hydrogen-bond donors (Lipinski definition) is 1. The van der Waals surface area contributed by atoms with E-state index < -0.39 is 21.7 Å². The molecule has 1 spiro atoms. The maximum Gasteiger partial charge on any atom is 0.412 e. The molecule has 1 saturated heterocycles. The second-order valence-corrected chi connectivity index (χ2v) is 10.9. The topological polar surface area (TPSA) is 118 Å². The van der Waals surface area contributed by atoms with E-state index in [9.17, 15) is 13.2 Å². The van der Waals surface area contributed by atoms with Gasteiger partial charge in [0.15, 0.2) is 5.79 Å². The first-order valence-electron chi connectivity index (χ1n) is 11.5. The van der Waals surface area contributed by atoms with E-state index in [1.165, 1.54) is 6.26 Å². The molecule has 1 aliphatic carbocycles. The first kappa shape index (κ1) is 24.5. The lowest BCUT2D eigenvalue weighted by Crippen LogP contribution is -2.35. The zero-order chi connectivity index (χ0) is 24.0. The number of benzene rings is 1. The van der Waals surface area contributed by atoms with Gasteiger partial charge in [0.2, 0.25) is 0 Å². The maximum absolute atomic E-state index is 12.4. The van der Waals surface area contributed by atoms with Crippen LogP contribution in [0.1, 0.15) is 43.7 Å². The van der Waals surface area contributed by atoms with Crippen molar-refractivity contribution in [2.45, 2.75) is 50.5 Å². The summed E-state index contributed by atoms with van der Waals surface area (Å²) >= 11 is 0. The Morgan fingerprint density at radius 1 is 1.21 bits per heavy atom. The number of amides is 1. The van der Waals surface area contributed by atoms with Gasteiger partial charge in [0.25, 0.3) is 5.88 Å². The lowest BCUT2D eigenvalue weighted by atomic mass is 9.90. The fraction of sp³-hybridized carbons (Fsp3) is 0.565. The number of nitrogens with zero attached hydrogens (tertiary/aromatic N) is 2. The fourth-order valence-electron chi connectivity index (χ4n) is 4.21. The minimum atomic E-state index is -3.08. The molecule has 1 aliphatic heterocycles. The number of nitrogens with one attached hydrogen (secondary N) is 1. The quantitative estimate of drug-likeness (QED) is 0.529. The maximum atomic E-state index is 12.4. The van der Waals surface area contributed by atoms with Crippen molar-refractivity contribution >= 4 is 21.6 Å². The molecule has 1 N–H and O–H groups in total. The van der Waals surface area contributed by atoms with Crippen LogP contribution in [0.4, 0.5) is 10.5 Å². The van der Waals surface area contributed by atoms with Gasteiger partial charge in [0, 0.05) is 19.1 Å². The predicted octanol–water partition coefficient (Wildman–Crippen LogP) is 3.30. The summed E-state index contributed by atoms with van der Waals surface area (Å²) in [6.07, 6.45) is 5.78. The Kier molecular flexibility index (Phi) is 7.74. The Morgan fingerprint density at radius 2 is 1.91 bits per heavy atom. The monoisotopic (exact) mass is 493 g/mol. The number of hydrogen-bond acceptors (Lipinski definition) is 8. The highest BCUT2D eigenvalue weighted by Crippen LogP contribution is 2.41. The molecule has 2 aromatic rings. The summed E-state index contributed by atoms with van der Waals surface area (Å²) < 4.78 is 47.2. The standard InChI is InChI=1S/C23H31N3O7S/c1-34(28,29)15-5-12-30-21-20(24-22(27)31-17-18-6-3-2-4-7-18)16-26(25-21)19-8-10-23(11-9-19)32-13-14-33-23/h2-4,6-7,16,19H,5,8-15,17H2,1H3,(H,24,27). The van der Waals surface area contributed by atoms with Crippen molar-refractivity contribution < 1.29 is 32.2 Å². The second-order valence-electron chi connectivity index (χ2n) is 8.69. The largest absolute Gasteiger partial charge is 0.475 e. The van der Waals surface area contributed by atoms with Crippen LogP contribution in [0.15, 0.2) is 36.5 Å². The van der Waals surface area contributed by atoms with Crippen molar-refractivity contribution in [3.63, 3.8) is 0 Å². The molecule has 1 aromatic carbocycles. The van der Waals surface area contributed by atoms with Gasteiger partial charge in [-0.1, -0.05) is 30.3 Å². The molecule has 1 saturated carbocycles. The van der Waals surface area contributed by atoms with Crippen molar-refractivity contribution in [2.24, 2.45) is 0 Å². The molecule has 0 bridgehead atoms. The van der Waals surface area contributed by atoms with Crippen LogP contribution in [-0.4, -0.2) is 61.9 Å².